The number of likely N-dealkylation sites (tertiary alicyclic amines) is 1. The van der Waals surface area contributed by atoms with Gasteiger partial charge in [0, 0.05) is 13.1 Å². The van der Waals surface area contributed by atoms with E-state index in [4.69, 9.17) is 4.52 Å². The molecular weight excluding hydrogens is 256 g/mol. The Morgan fingerprint density at radius 2 is 2.40 bits per heavy atom. The fraction of sp³-hybridized carbons (Fsp3) is 0.692. The molecule has 0 spiro atoms. The van der Waals surface area contributed by atoms with Gasteiger partial charge in [0.15, 0.2) is 5.82 Å². The SMILES string of the molecule is Cc1noc(C(C)N2CCCC(Cn3cncn3)C2)n1. The van der Waals surface area contributed by atoms with E-state index >= 15 is 0 Å². The summed E-state index contributed by atoms with van der Waals surface area (Å²) in [4.78, 5) is 10.8. The number of aryl methyl sites for hydroxylation is 1. The molecule has 3 rings (SSSR count). The summed E-state index contributed by atoms with van der Waals surface area (Å²) >= 11 is 0. The van der Waals surface area contributed by atoms with E-state index in [-0.39, 0.29) is 6.04 Å². The van der Waals surface area contributed by atoms with Crippen molar-refractivity contribution >= 4 is 0 Å². The van der Waals surface area contributed by atoms with Crippen molar-refractivity contribution in [2.45, 2.75) is 39.3 Å². The molecule has 2 atom stereocenters. The second kappa shape index (κ2) is 5.70. The van der Waals surface area contributed by atoms with Crippen LogP contribution in [0.25, 0.3) is 0 Å². The zero-order chi connectivity index (χ0) is 13.9. The molecule has 2 aromatic rings. The van der Waals surface area contributed by atoms with Gasteiger partial charge in [0.2, 0.25) is 5.89 Å². The fourth-order valence-corrected chi connectivity index (χ4v) is 2.83. The average molecular weight is 276 g/mol. The highest BCUT2D eigenvalue weighted by atomic mass is 16.5. The number of hydrogen-bond acceptors (Lipinski definition) is 6. The molecule has 0 radical (unpaired) electrons. The predicted molar refractivity (Wildman–Crippen MR) is 71.8 cm³/mol. The molecule has 0 aliphatic carbocycles. The number of rotatable bonds is 4. The van der Waals surface area contributed by atoms with Gasteiger partial charge >= 0.3 is 0 Å². The van der Waals surface area contributed by atoms with Crippen LogP contribution < -0.4 is 0 Å². The quantitative estimate of drug-likeness (QED) is 0.841. The Morgan fingerprint density at radius 3 is 3.10 bits per heavy atom. The first kappa shape index (κ1) is 13.2. The van der Waals surface area contributed by atoms with Crippen molar-refractivity contribution in [3.63, 3.8) is 0 Å². The molecule has 1 aliphatic heterocycles. The third kappa shape index (κ3) is 2.87. The van der Waals surface area contributed by atoms with Crippen LogP contribution in [-0.4, -0.2) is 42.9 Å². The first-order valence-corrected chi connectivity index (χ1v) is 7.09. The molecule has 108 valence electrons. The lowest BCUT2D eigenvalue weighted by Crippen LogP contribution is -2.38. The van der Waals surface area contributed by atoms with Crippen molar-refractivity contribution in [2.75, 3.05) is 13.1 Å². The summed E-state index contributed by atoms with van der Waals surface area (Å²) in [5.41, 5.74) is 0. The number of aromatic nitrogens is 5. The Hall–Kier alpha value is -1.76. The highest BCUT2D eigenvalue weighted by molar-refractivity contribution is 4.92. The summed E-state index contributed by atoms with van der Waals surface area (Å²) in [6, 6.07) is 0.176. The molecule has 2 unspecified atom stereocenters. The van der Waals surface area contributed by atoms with Crippen LogP contribution >= 0.6 is 0 Å². The van der Waals surface area contributed by atoms with Gasteiger partial charge < -0.3 is 4.52 Å². The van der Waals surface area contributed by atoms with Gasteiger partial charge in [-0.25, -0.2) is 4.98 Å². The number of piperidine rings is 1. The van der Waals surface area contributed by atoms with Crippen LogP contribution in [0.4, 0.5) is 0 Å². The molecule has 0 N–H and O–H groups in total. The maximum Gasteiger partial charge on any atom is 0.243 e. The molecule has 2 aromatic heterocycles. The van der Waals surface area contributed by atoms with Crippen LogP contribution in [0.3, 0.4) is 0 Å². The van der Waals surface area contributed by atoms with Crippen molar-refractivity contribution < 1.29 is 4.52 Å². The molecular formula is C13H20N6O. The molecule has 7 nitrogen and oxygen atoms in total. The van der Waals surface area contributed by atoms with Crippen LogP contribution in [0.15, 0.2) is 17.2 Å². The summed E-state index contributed by atoms with van der Waals surface area (Å²) in [5.74, 6) is 2.00. The van der Waals surface area contributed by atoms with Crippen LogP contribution in [0.2, 0.25) is 0 Å². The first-order chi connectivity index (χ1) is 9.72. The molecule has 0 bridgehead atoms. The van der Waals surface area contributed by atoms with Gasteiger partial charge in [0.05, 0.1) is 6.04 Å². The highest BCUT2D eigenvalue weighted by Crippen LogP contribution is 2.26. The minimum absolute atomic E-state index is 0.176. The average Bonchev–Trinajstić information content (AvgIpc) is 3.10. The molecule has 0 amide bonds. The Kier molecular flexibility index (Phi) is 3.77. The predicted octanol–water partition coefficient (Wildman–Crippen LogP) is 1.44. The lowest BCUT2D eigenvalue weighted by atomic mass is 9.97. The lowest BCUT2D eigenvalue weighted by Gasteiger charge is -2.35. The Morgan fingerprint density at radius 1 is 1.50 bits per heavy atom. The van der Waals surface area contributed by atoms with E-state index in [9.17, 15) is 0 Å². The van der Waals surface area contributed by atoms with Gasteiger partial charge in [-0.2, -0.15) is 10.1 Å². The van der Waals surface area contributed by atoms with Crippen LogP contribution in [0, 0.1) is 12.8 Å². The van der Waals surface area contributed by atoms with Gasteiger partial charge in [0.1, 0.15) is 12.7 Å². The molecule has 1 saturated heterocycles. The molecule has 3 heterocycles. The van der Waals surface area contributed by atoms with E-state index in [1.807, 2.05) is 11.6 Å². The van der Waals surface area contributed by atoms with Gasteiger partial charge in [-0.3, -0.25) is 9.58 Å². The van der Waals surface area contributed by atoms with Crippen LogP contribution in [0.5, 0.6) is 0 Å². The van der Waals surface area contributed by atoms with Crippen LogP contribution in [0.1, 0.15) is 37.5 Å². The largest absolute Gasteiger partial charge is 0.338 e. The third-order valence-electron chi connectivity index (χ3n) is 3.91. The molecule has 1 fully saturated rings. The normalized spacial score (nSPS) is 22.0. The van der Waals surface area contributed by atoms with Crippen molar-refractivity contribution in [1.82, 2.24) is 29.8 Å². The topological polar surface area (TPSA) is 72.9 Å². The molecule has 20 heavy (non-hydrogen) atoms. The van der Waals surface area contributed by atoms with E-state index in [1.54, 1.807) is 12.7 Å². The second-order valence-corrected chi connectivity index (χ2v) is 5.48. The summed E-state index contributed by atoms with van der Waals surface area (Å²) in [6.07, 6.45) is 5.79. The van der Waals surface area contributed by atoms with Crippen molar-refractivity contribution in [2.24, 2.45) is 5.92 Å². The van der Waals surface area contributed by atoms with Crippen molar-refractivity contribution in [3.05, 3.63) is 24.4 Å². The number of hydrogen-bond donors (Lipinski definition) is 0. The van der Waals surface area contributed by atoms with E-state index in [0.717, 1.165) is 19.6 Å². The van der Waals surface area contributed by atoms with E-state index in [2.05, 4.69) is 32.0 Å². The molecule has 0 saturated carbocycles. The van der Waals surface area contributed by atoms with Gasteiger partial charge in [-0.15, -0.1) is 0 Å². The third-order valence-corrected chi connectivity index (χ3v) is 3.91. The molecule has 0 aromatic carbocycles. The maximum atomic E-state index is 5.29. The maximum absolute atomic E-state index is 5.29. The van der Waals surface area contributed by atoms with E-state index < -0.39 is 0 Å². The standard InChI is InChI=1S/C13H20N6O/c1-10(13-16-11(2)17-20-13)18-5-3-4-12(6-18)7-19-9-14-8-15-19/h8-10,12H,3-7H2,1-2H3. The Balaban J connectivity index is 1.62. The van der Waals surface area contributed by atoms with Crippen molar-refractivity contribution in [3.8, 4) is 0 Å². The summed E-state index contributed by atoms with van der Waals surface area (Å²) < 4.78 is 7.20. The fourth-order valence-electron chi connectivity index (χ4n) is 2.83. The van der Waals surface area contributed by atoms with Gasteiger partial charge in [0.25, 0.3) is 0 Å². The Bertz CT molecular complexity index is 537. The minimum atomic E-state index is 0.176. The minimum Gasteiger partial charge on any atom is -0.338 e. The molecule has 7 heteroatoms. The zero-order valence-corrected chi connectivity index (χ0v) is 11.9. The highest BCUT2D eigenvalue weighted by Gasteiger charge is 2.27. The summed E-state index contributed by atoms with van der Waals surface area (Å²) in [5, 5.41) is 8.07. The van der Waals surface area contributed by atoms with Gasteiger partial charge in [-0.1, -0.05) is 5.16 Å². The summed E-state index contributed by atoms with van der Waals surface area (Å²) in [6.45, 7) is 7.01. The van der Waals surface area contributed by atoms with E-state index in [1.165, 1.54) is 12.8 Å². The van der Waals surface area contributed by atoms with Crippen LogP contribution in [-0.2, 0) is 6.54 Å². The smallest absolute Gasteiger partial charge is 0.243 e. The van der Waals surface area contributed by atoms with Crippen molar-refractivity contribution in [1.29, 1.82) is 0 Å². The zero-order valence-electron chi connectivity index (χ0n) is 11.9. The lowest BCUT2D eigenvalue weighted by molar-refractivity contribution is 0.102. The monoisotopic (exact) mass is 276 g/mol. The summed E-state index contributed by atoms with van der Waals surface area (Å²) in [7, 11) is 0. The first-order valence-electron chi connectivity index (χ1n) is 7.09. The number of nitrogens with zero attached hydrogens (tertiary/aromatic N) is 6. The second-order valence-electron chi connectivity index (χ2n) is 5.48. The molecule has 1 aliphatic rings. The Labute approximate surface area is 118 Å². The van der Waals surface area contributed by atoms with Gasteiger partial charge in [-0.05, 0) is 39.2 Å². The van der Waals surface area contributed by atoms with E-state index in [0.29, 0.717) is 17.6 Å².